The first kappa shape index (κ1) is 14.8. The molecule has 0 heteroatoms. The second-order valence-electron chi connectivity index (χ2n) is 5.40. The third-order valence-corrected chi connectivity index (χ3v) is 3.56. The summed E-state index contributed by atoms with van der Waals surface area (Å²) in [6.45, 7) is 10.9. The van der Waals surface area contributed by atoms with E-state index in [0.717, 1.165) is 6.42 Å². The van der Waals surface area contributed by atoms with Crippen LogP contribution in [-0.4, -0.2) is 0 Å². The number of hydrogen-bond donors (Lipinski definition) is 0. The fourth-order valence-electron chi connectivity index (χ4n) is 1.81. The van der Waals surface area contributed by atoms with E-state index in [4.69, 9.17) is 0 Å². The van der Waals surface area contributed by atoms with E-state index in [9.17, 15) is 0 Å². The molecule has 0 heterocycles. The van der Waals surface area contributed by atoms with E-state index >= 15 is 0 Å². The fraction of sp³-hybridized carbons (Fsp3) is 0.444. The van der Waals surface area contributed by atoms with Crippen molar-refractivity contribution < 1.29 is 0 Å². The minimum atomic E-state index is 1.16. The van der Waals surface area contributed by atoms with Crippen LogP contribution in [0.4, 0.5) is 0 Å². The highest BCUT2D eigenvalue weighted by molar-refractivity contribution is 5.30. The fourth-order valence-corrected chi connectivity index (χ4v) is 1.81. The van der Waals surface area contributed by atoms with Crippen LogP contribution in [0.2, 0.25) is 0 Å². The highest BCUT2D eigenvalue weighted by Gasteiger charge is 1.96. The summed E-state index contributed by atoms with van der Waals surface area (Å²) in [5, 5.41) is 0. The summed E-state index contributed by atoms with van der Waals surface area (Å²) in [5.74, 6) is 0. The molecule has 0 aliphatic heterocycles. The second-order valence-corrected chi connectivity index (χ2v) is 5.40. The van der Waals surface area contributed by atoms with Gasteiger partial charge in [0.1, 0.15) is 0 Å². The number of allylic oxidation sites excluding steroid dienone is 4. The standard InChI is InChI=1S/C18H26/c1-14(2)15(3)9-7-6-8-10-18-12-11-16(4)17(5)13-18/h7,9,11-13H,6,8,10H2,1-5H3. The molecule has 0 atom stereocenters. The molecule has 1 aromatic rings. The van der Waals surface area contributed by atoms with Crippen molar-refractivity contribution in [2.75, 3.05) is 0 Å². The average molecular weight is 242 g/mol. The first-order valence-electron chi connectivity index (χ1n) is 6.87. The summed E-state index contributed by atoms with van der Waals surface area (Å²) in [6, 6.07) is 6.81. The van der Waals surface area contributed by atoms with Crippen LogP contribution in [0.15, 0.2) is 41.5 Å². The topological polar surface area (TPSA) is 0 Å². The molecule has 0 bridgehead atoms. The Morgan fingerprint density at radius 2 is 1.78 bits per heavy atom. The van der Waals surface area contributed by atoms with E-state index in [0.29, 0.717) is 0 Å². The highest BCUT2D eigenvalue weighted by atomic mass is 14.0. The highest BCUT2D eigenvalue weighted by Crippen LogP contribution is 2.12. The van der Waals surface area contributed by atoms with Crippen molar-refractivity contribution >= 4 is 0 Å². The molecule has 0 saturated carbocycles. The first-order chi connectivity index (χ1) is 8.50. The van der Waals surface area contributed by atoms with Crippen molar-refractivity contribution in [3.8, 4) is 0 Å². The van der Waals surface area contributed by atoms with Gasteiger partial charge >= 0.3 is 0 Å². The number of aryl methyl sites for hydroxylation is 3. The smallest absolute Gasteiger partial charge is 0.0276 e. The van der Waals surface area contributed by atoms with Crippen LogP contribution in [-0.2, 0) is 6.42 Å². The van der Waals surface area contributed by atoms with Crippen LogP contribution >= 0.6 is 0 Å². The largest absolute Gasteiger partial charge is 0.0843 e. The van der Waals surface area contributed by atoms with Crippen molar-refractivity contribution in [2.45, 2.75) is 53.9 Å². The molecule has 1 rings (SSSR count). The van der Waals surface area contributed by atoms with E-state index in [1.165, 1.54) is 40.7 Å². The molecule has 0 spiro atoms. The Morgan fingerprint density at radius 1 is 1.06 bits per heavy atom. The summed E-state index contributed by atoms with van der Waals surface area (Å²) in [4.78, 5) is 0. The van der Waals surface area contributed by atoms with Gasteiger partial charge in [0, 0.05) is 0 Å². The van der Waals surface area contributed by atoms with Crippen molar-refractivity contribution in [1.29, 1.82) is 0 Å². The lowest BCUT2D eigenvalue weighted by molar-refractivity contribution is 0.841. The molecule has 0 aromatic heterocycles. The molecule has 0 radical (unpaired) electrons. The second kappa shape index (κ2) is 7.20. The minimum Gasteiger partial charge on any atom is -0.0843 e. The lowest BCUT2D eigenvalue weighted by atomic mass is 10.0. The van der Waals surface area contributed by atoms with Crippen LogP contribution in [0.1, 0.15) is 50.3 Å². The maximum Gasteiger partial charge on any atom is -0.0276 e. The summed E-state index contributed by atoms with van der Waals surface area (Å²) in [5.41, 5.74) is 7.05. The van der Waals surface area contributed by atoms with Crippen LogP contribution in [0, 0.1) is 13.8 Å². The summed E-state index contributed by atoms with van der Waals surface area (Å²) in [6.07, 6.45) is 8.12. The number of hydrogen-bond acceptors (Lipinski definition) is 0. The van der Waals surface area contributed by atoms with Crippen LogP contribution < -0.4 is 0 Å². The molecule has 1 aromatic carbocycles. The molecule has 0 fully saturated rings. The van der Waals surface area contributed by atoms with Gasteiger partial charge in [0.2, 0.25) is 0 Å². The Labute approximate surface area is 112 Å². The lowest BCUT2D eigenvalue weighted by Crippen LogP contribution is -1.88. The summed E-state index contributed by atoms with van der Waals surface area (Å²) < 4.78 is 0. The quantitative estimate of drug-likeness (QED) is 0.470. The van der Waals surface area contributed by atoms with Gasteiger partial charge in [-0.15, -0.1) is 0 Å². The predicted molar refractivity (Wildman–Crippen MR) is 82.0 cm³/mol. The normalized spacial score (nSPS) is 10.9. The van der Waals surface area contributed by atoms with Gasteiger partial charge in [-0.1, -0.05) is 41.5 Å². The minimum absolute atomic E-state index is 1.16. The number of unbranched alkanes of at least 4 members (excludes halogenated alkanes) is 1. The van der Waals surface area contributed by atoms with Crippen molar-refractivity contribution in [2.24, 2.45) is 0 Å². The monoisotopic (exact) mass is 242 g/mol. The average Bonchev–Trinajstić information content (AvgIpc) is 2.32. The van der Waals surface area contributed by atoms with E-state index in [-0.39, 0.29) is 0 Å². The molecule has 0 unspecified atom stereocenters. The Balaban J connectivity index is 2.38. The summed E-state index contributed by atoms with van der Waals surface area (Å²) in [7, 11) is 0. The zero-order valence-electron chi connectivity index (χ0n) is 12.5. The molecule has 0 aliphatic rings. The summed E-state index contributed by atoms with van der Waals surface area (Å²) >= 11 is 0. The number of rotatable bonds is 5. The Bertz CT molecular complexity index is 443. The van der Waals surface area contributed by atoms with Crippen molar-refractivity contribution in [3.05, 3.63) is 58.2 Å². The molecule has 98 valence electrons. The lowest BCUT2D eigenvalue weighted by Gasteiger charge is -2.04. The van der Waals surface area contributed by atoms with Gasteiger partial charge in [-0.05, 0) is 70.6 Å². The molecule has 0 aliphatic carbocycles. The van der Waals surface area contributed by atoms with Gasteiger partial charge in [0.05, 0.1) is 0 Å². The molecule has 0 amide bonds. The molecule has 0 saturated heterocycles. The Morgan fingerprint density at radius 3 is 2.39 bits per heavy atom. The SMILES string of the molecule is CC(C)=C(C)C=CCCCc1ccc(C)c(C)c1. The van der Waals surface area contributed by atoms with Gasteiger partial charge in [0.15, 0.2) is 0 Å². The molecule has 0 nitrogen and oxygen atoms in total. The van der Waals surface area contributed by atoms with Gasteiger partial charge < -0.3 is 0 Å². The molecule has 0 N–H and O–H groups in total. The third-order valence-electron chi connectivity index (χ3n) is 3.56. The van der Waals surface area contributed by atoms with Crippen LogP contribution in [0.5, 0.6) is 0 Å². The van der Waals surface area contributed by atoms with E-state index in [1.54, 1.807) is 0 Å². The van der Waals surface area contributed by atoms with E-state index < -0.39 is 0 Å². The first-order valence-corrected chi connectivity index (χ1v) is 6.87. The van der Waals surface area contributed by atoms with E-state index in [2.05, 4.69) is 65.0 Å². The van der Waals surface area contributed by atoms with Gasteiger partial charge in [0.25, 0.3) is 0 Å². The molecular weight excluding hydrogens is 216 g/mol. The zero-order chi connectivity index (χ0) is 13.5. The molecular formula is C18H26. The maximum atomic E-state index is 2.32. The van der Waals surface area contributed by atoms with Crippen LogP contribution in [0.3, 0.4) is 0 Å². The predicted octanol–water partition coefficient (Wildman–Crippen LogP) is 5.54. The van der Waals surface area contributed by atoms with E-state index in [1.807, 2.05) is 0 Å². The van der Waals surface area contributed by atoms with Crippen molar-refractivity contribution in [1.82, 2.24) is 0 Å². The Kier molecular flexibility index (Phi) is 5.91. The maximum absolute atomic E-state index is 2.32. The van der Waals surface area contributed by atoms with Gasteiger partial charge in [-0.2, -0.15) is 0 Å². The van der Waals surface area contributed by atoms with Gasteiger partial charge in [-0.25, -0.2) is 0 Å². The Hall–Kier alpha value is -1.30. The van der Waals surface area contributed by atoms with Crippen LogP contribution in [0.25, 0.3) is 0 Å². The van der Waals surface area contributed by atoms with Gasteiger partial charge in [-0.3, -0.25) is 0 Å². The third kappa shape index (κ3) is 4.91. The van der Waals surface area contributed by atoms with Crippen molar-refractivity contribution in [3.63, 3.8) is 0 Å². The molecule has 18 heavy (non-hydrogen) atoms. The zero-order valence-corrected chi connectivity index (χ0v) is 12.5. The number of benzene rings is 1.